The van der Waals surface area contributed by atoms with E-state index in [4.69, 9.17) is 4.74 Å². The molecule has 1 aliphatic heterocycles. The first kappa shape index (κ1) is 17.0. The number of rotatable bonds is 5. The topological polar surface area (TPSA) is 79.5 Å². The zero-order valence-electron chi connectivity index (χ0n) is 13.9. The number of nitrogens with zero attached hydrogens (tertiary/aromatic N) is 1. The zero-order chi connectivity index (χ0) is 17.3. The lowest BCUT2D eigenvalue weighted by Crippen LogP contribution is -2.37. The van der Waals surface area contributed by atoms with E-state index in [0.717, 1.165) is 16.7 Å². The number of hydrogen-bond donors (Lipinski definition) is 1. The Morgan fingerprint density at radius 3 is 2.75 bits per heavy atom. The molecular formula is C17H22N2O4S. The molecule has 6 nitrogen and oxygen atoms in total. The predicted octanol–water partition coefficient (Wildman–Crippen LogP) is 1.55. The molecule has 0 aliphatic carbocycles. The van der Waals surface area contributed by atoms with E-state index in [1.807, 2.05) is 25.1 Å². The average Bonchev–Trinajstić information content (AvgIpc) is 2.92. The van der Waals surface area contributed by atoms with Gasteiger partial charge in [0.05, 0.1) is 18.6 Å². The fourth-order valence-electron chi connectivity index (χ4n) is 3.26. The third kappa shape index (κ3) is 3.47. The Hall–Kier alpha value is -1.86. The molecule has 2 aromatic rings. The van der Waals surface area contributed by atoms with Crippen molar-refractivity contribution >= 4 is 20.7 Å². The second-order valence-corrected chi connectivity index (χ2v) is 8.43. The largest absolute Gasteiger partial charge is 0.497 e. The molecule has 1 aromatic heterocycles. The molecule has 0 bridgehead atoms. The summed E-state index contributed by atoms with van der Waals surface area (Å²) >= 11 is 0. The molecule has 0 radical (unpaired) electrons. The number of aromatic nitrogens is 1. The quantitative estimate of drug-likeness (QED) is 0.885. The number of ether oxygens (including phenoxy) is 1. The lowest BCUT2D eigenvalue weighted by atomic mass is 10.1. The highest BCUT2D eigenvalue weighted by molar-refractivity contribution is 7.91. The summed E-state index contributed by atoms with van der Waals surface area (Å²) in [6, 6.07) is 7.36. The number of sulfone groups is 1. The fraction of sp³-hybridized carbons (Fsp3) is 0.471. The second-order valence-electron chi connectivity index (χ2n) is 6.20. The molecule has 0 amide bonds. The molecule has 7 heteroatoms. The van der Waals surface area contributed by atoms with Crippen molar-refractivity contribution in [3.8, 4) is 5.75 Å². The van der Waals surface area contributed by atoms with Crippen molar-refractivity contribution in [1.82, 2.24) is 9.88 Å². The second kappa shape index (κ2) is 6.57. The van der Waals surface area contributed by atoms with Gasteiger partial charge in [0.2, 0.25) is 0 Å². The highest BCUT2D eigenvalue weighted by Crippen LogP contribution is 2.22. The molecule has 0 spiro atoms. The number of benzene rings is 1. The van der Waals surface area contributed by atoms with Gasteiger partial charge in [-0.15, -0.1) is 0 Å². The Kier molecular flexibility index (Phi) is 4.64. The Labute approximate surface area is 141 Å². The molecule has 1 aliphatic rings. The van der Waals surface area contributed by atoms with Gasteiger partial charge in [-0.3, -0.25) is 9.69 Å². The lowest BCUT2D eigenvalue weighted by Gasteiger charge is -2.26. The number of aromatic amines is 1. The van der Waals surface area contributed by atoms with E-state index in [2.05, 4.69) is 9.88 Å². The number of H-pyrrole nitrogens is 1. The van der Waals surface area contributed by atoms with E-state index in [1.54, 1.807) is 13.2 Å². The fourth-order valence-corrected chi connectivity index (χ4v) is 5.02. The Bertz CT molecular complexity index is 904. The van der Waals surface area contributed by atoms with E-state index in [9.17, 15) is 13.2 Å². The number of methoxy groups -OCH3 is 1. The van der Waals surface area contributed by atoms with Crippen molar-refractivity contribution in [2.24, 2.45) is 0 Å². The summed E-state index contributed by atoms with van der Waals surface area (Å²) in [4.78, 5) is 17.3. The molecule has 1 unspecified atom stereocenters. The molecule has 0 saturated carbocycles. The van der Waals surface area contributed by atoms with Crippen molar-refractivity contribution in [1.29, 1.82) is 0 Å². The number of nitrogens with one attached hydrogen (secondary N) is 1. The van der Waals surface area contributed by atoms with Gasteiger partial charge in [0.25, 0.3) is 5.56 Å². The maximum Gasteiger partial charge on any atom is 0.252 e. The minimum Gasteiger partial charge on any atom is -0.497 e. The summed E-state index contributed by atoms with van der Waals surface area (Å²) in [5, 5.41) is 0.902. The predicted molar refractivity (Wildman–Crippen MR) is 94.3 cm³/mol. The number of hydrogen-bond acceptors (Lipinski definition) is 5. The first-order valence-electron chi connectivity index (χ1n) is 8.06. The Morgan fingerprint density at radius 2 is 2.12 bits per heavy atom. The maximum atomic E-state index is 12.3. The molecule has 1 atom stereocenters. The standard InChI is InChI=1S/C17H22N2O4S/c1-3-19(14-6-7-24(21,22)11-14)10-13-8-12-9-15(23-2)4-5-16(12)18-17(13)20/h4-5,8-9,14H,3,6-7,10-11H2,1-2H3,(H,18,20). The summed E-state index contributed by atoms with van der Waals surface area (Å²) < 4.78 is 28.7. The van der Waals surface area contributed by atoms with Crippen molar-refractivity contribution < 1.29 is 13.2 Å². The molecule has 1 saturated heterocycles. The third-order valence-corrected chi connectivity index (χ3v) is 6.38. The summed E-state index contributed by atoms with van der Waals surface area (Å²) in [6.45, 7) is 3.14. The van der Waals surface area contributed by atoms with Crippen LogP contribution in [-0.2, 0) is 16.4 Å². The number of fused-ring (bicyclic) bond motifs is 1. The molecular weight excluding hydrogens is 328 g/mol. The van der Waals surface area contributed by atoms with Crippen molar-refractivity contribution in [3.05, 3.63) is 40.2 Å². The van der Waals surface area contributed by atoms with Gasteiger partial charge in [-0.2, -0.15) is 0 Å². The monoisotopic (exact) mass is 350 g/mol. The molecule has 130 valence electrons. The van der Waals surface area contributed by atoms with Crippen LogP contribution < -0.4 is 10.3 Å². The highest BCUT2D eigenvalue weighted by Gasteiger charge is 2.31. The van der Waals surface area contributed by atoms with Crippen LogP contribution in [0.25, 0.3) is 10.9 Å². The van der Waals surface area contributed by atoms with Gasteiger partial charge in [-0.25, -0.2) is 8.42 Å². The molecule has 1 N–H and O–H groups in total. The van der Waals surface area contributed by atoms with Crippen LogP contribution >= 0.6 is 0 Å². The van der Waals surface area contributed by atoms with E-state index in [1.165, 1.54) is 0 Å². The van der Waals surface area contributed by atoms with Crippen LogP contribution in [0.15, 0.2) is 29.1 Å². The smallest absolute Gasteiger partial charge is 0.252 e. The van der Waals surface area contributed by atoms with Crippen LogP contribution in [0.3, 0.4) is 0 Å². The summed E-state index contributed by atoms with van der Waals surface area (Å²) in [7, 11) is -1.34. The Morgan fingerprint density at radius 1 is 1.33 bits per heavy atom. The Balaban J connectivity index is 1.90. The van der Waals surface area contributed by atoms with Crippen LogP contribution in [0.1, 0.15) is 18.9 Å². The van der Waals surface area contributed by atoms with Gasteiger partial charge < -0.3 is 9.72 Å². The van der Waals surface area contributed by atoms with Crippen molar-refractivity contribution in [2.45, 2.75) is 25.9 Å². The summed E-state index contributed by atoms with van der Waals surface area (Å²) in [5.41, 5.74) is 1.27. The SMILES string of the molecule is CCN(Cc1cc2cc(OC)ccc2[nH]c1=O)C1CCS(=O)(=O)C1. The minimum atomic E-state index is -2.94. The van der Waals surface area contributed by atoms with Gasteiger partial charge in [0.1, 0.15) is 5.75 Å². The van der Waals surface area contributed by atoms with Crippen LogP contribution in [-0.4, -0.2) is 49.5 Å². The van der Waals surface area contributed by atoms with Gasteiger partial charge in [-0.05, 0) is 37.2 Å². The van der Waals surface area contributed by atoms with Gasteiger partial charge in [0, 0.05) is 29.1 Å². The number of pyridine rings is 1. The van der Waals surface area contributed by atoms with Crippen LogP contribution in [0, 0.1) is 0 Å². The summed E-state index contributed by atoms with van der Waals surface area (Å²) in [6.07, 6.45) is 0.634. The van der Waals surface area contributed by atoms with E-state index >= 15 is 0 Å². The highest BCUT2D eigenvalue weighted by atomic mass is 32.2. The molecule has 3 rings (SSSR count). The normalized spacial score (nSPS) is 19.9. The van der Waals surface area contributed by atoms with E-state index in [0.29, 0.717) is 25.1 Å². The first-order valence-corrected chi connectivity index (χ1v) is 9.88. The molecule has 1 aromatic carbocycles. The molecule has 2 heterocycles. The minimum absolute atomic E-state index is 0.0135. The van der Waals surface area contributed by atoms with Crippen molar-refractivity contribution in [2.75, 3.05) is 25.2 Å². The van der Waals surface area contributed by atoms with E-state index < -0.39 is 9.84 Å². The van der Waals surface area contributed by atoms with Crippen LogP contribution in [0.2, 0.25) is 0 Å². The third-order valence-electron chi connectivity index (χ3n) is 4.63. The van der Waals surface area contributed by atoms with Gasteiger partial charge in [0.15, 0.2) is 9.84 Å². The lowest BCUT2D eigenvalue weighted by molar-refractivity contribution is 0.214. The first-order chi connectivity index (χ1) is 11.4. The summed E-state index contributed by atoms with van der Waals surface area (Å²) in [5.74, 6) is 1.15. The van der Waals surface area contributed by atoms with Gasteiger partial charge in [-0.1, -0.05) is 6.92 Å². The average molecular weight is 350 g/mol. The molecule has 24 heavy (non-hydrogen) atoms. The van der Waals surface area contributed by atoms with Gasteiger partial charge >= 0.3 is 0 Å². The zero-order valence-corrected chi connectivity index (χ0v) is 14.7. The van der Waals surface area contributed by atoms with Crippen LogP contribution in [0.4, 0.5) is 0 Å². The van der Waals surface area contributed by atoms with Crippen LogP contribution in [0.5, 0.6) is 5.75 Å². The molecule has 1 fully saturated rings. The van der Waals surface area contributed by atoms with Crippen molar-refractivity contribution in [3.63, 3.8) is 0 Å². The maximum absolute atomic E-state index is 12.3. The van der Waals surface area contributed by atoms with E-state index in [-0.39, 0.29) is 23.1 Å².